The maximum absolute atomic E-state index is 12.2. The molecule has 0 saturated heterocycles. The van der Waals surface area contributed by atoms with Crippen LogP contribution in [0.2, 0.25) is 0 Å². The summed E-state index contributed by atoms with van der Waals surface area (Å²) >= 11 is 0. The summed E-state index contributed by atoms with van der Waals surface area (Å²) in [4.78, 5) is 0. The van der Waals surface area contributed by atoms with Gasteiger partial charge in [0.15, 0.2) is 0 Å². The van der Waals surface area contributed by atoms with Gasteiger partial charge in [-0.05, 0) is 0 Å². The largest absolute Gasteiger partial charge is 0.459 e. The molecule has 0 saturated carbocycles. The van der Waals surface area contributed by atoms with E-state index in [1.54, 1.807) is 0 Å². The summed E-state index contributed by atoms with van der Waals surface area (Å²) in [5.74, 6) is -33.2. The smallest absolute Gasteiger partial charge is 0.269 e. The van der Waals surface area contributed by atoms with Gasteiger partial charge >= 0.3 is 54.1 Å². The van der Waals surface area contributed by atoms with E-state index in [9.17, 15) is 110 Å². The van der Waals surface area contributed by atoms with Crippen LogP contribution in [0, 0.1) is 0 Å². The van der Waals surface area contributed by atoms with E-state index in [1.165, 1.54) is 0 Å². The minimum atomic E-state index is -6.20. The molecule has 26 heteroatoms. The van der Waals surface area contributed by atoms with Crippen molar-refractivity contribution < 1.29 is 114 Å². The third kappa shape index (κ3) is 20.6. The Hall–Kier alpha value is -1.82. The minimum absolute atomic E-state index is 0. The van der Waals surface area contributed by atoms with Gasteiger partial charge in [0.2, 0.25) is 6.43 Å². The van der Waals surface area contributed by atoms with Crippen LogP contribution in [-0.4, -0.2) is 66.4 Å². The van der Waals surface area contributed by atoms with Gasteiger partial charge in [-0.2, -0.15) is 92.2 Å². The third-order valence-corrected chi connectivity index (χ3v) is 5.03. The molecule has 0 fully saturated rings. The monoisotopic (exact) mass is 786 g/mol. The van der Waals surface area contributed by atoms with Crippen LogP contribution in [0.4, 0.5) is 114 Å². The molecule has 0 N–H and O–H groups in total. The summed E-state index contributed by atoms with van der Waals surface area (Å²) in [7, 11) is 0. The zero-order valence-corrected chi connectivity index (χ0v) is 24.4. The zero-order chi connectivity index (χ0) is 39.5. The van der Waals surface area contributed by atoms with Gasteiger partial charge in [-0.1, -0.05) is 27.7 Å². The van der Waals surface area contributed by atoms with E-state index < -0.39 is 111 Å². The Morgan fingerprint density at radius 3 is 0.833 bits per heavy atom. The van der Waals surface area contributed by atoms with Gasteiger partial charge in [0.1, 0.15) is 12.8 Å². The molecule has 0 bridgehead atoms. The molecule has 0 nitrogen and oxygen atoms in total. The first-order valence-corrected chi connectivity index (χ1v) is 12.2. The predicted octanol–water partition coefficient (Wildman–Crippen LogP) is 13.3. The number of alkyl halides is 25. The fraction of sp³-hybridized carbons (Fsp3) is 1.00. The van der Waals surface area contributed by atoms with Gasteiger partial charge in [-0.15, -0.1) is 0 Å². The molecule has 0 aliphatic heterocycles. The van der Waals surface area contributed by atoms with E-state index in [2.05, 4.69) is 0 Å². The summed E-state index contributed by atoms with van der Waals surface area (Å²) < 4.78 is 294. The highest BCUT2D eigenvalue weighted by molar-refractivity contribution is 4.90. The van der Waals surface area contributed by atoms with Crippen LogP contribution in [0.15, 0.2) is 0 Å². The van der Waals surface area contributed by atoms with Crippen molar-refractivity contribution in [2.24, 2.45) is 0 Å². The third-order valence-electron chi connectivity index (χ3n) is 5.03. The van der Waals surface area contributed by atoms with Crippen molar-refractivity contribution in [2.45, 2.75) is 139 Å². The summed E-state index contributed by atoms with van der Waals surface area (Å²) in [5.41, 5.74) is 0. The molecule has 0 amide bonds. The molecule has 0 aromatic carbocycles. The topological polar surface area (TPSA) is 0 Å². The lowest BCUT2D eigenvalue weighted by atomic mass is 10.1. The van der Waals surface area contributed by atoms with E-state index in [4.69, 9.17) is 0 Å². The second-order valence-electron chi connectivity index (χ2n) is 9.04. The van der Waals surface area contributed by atoms with Gasteiger partial charge in [-0.3, -0.25) is 4.70 Å². The Labute approximate surface area is 254 Å². The first-order valence-electron chi connectivity index (χ1n) is 12.2. The Kier molecular flexibility index (Phi) is 22.0. The van der Waals surface area contributed by atoms with Crippen molar-refractivity contribution in [3.8, 4) is 0 Å². The molecule has 0 aliphatic carbocycles. The van der Waals surface area contributed by atoms with Gasteiger partial charge < -0.3 is 0 Å². The van der Waals surface area contributed by atoms with Crippen LogP contribution >= 0.6 is 0 Å². The SMILES string of the molecule is CCC(F)(F)C(F)(F)C(F)(F)F.CCC(F)(F)C(F)(F)CC(F)(F)F.CCC(F)(F)C(F)(F)CC(F)F.CCC(F)(F)CC(F)(F)F.F. The molecular formula is C22H28F26. The van der Waals surface area contributed by atoms with Crippen LogP contribution in [0.3, 0.4) is 0 Å². The summed E-state index contributed by atoms with van der Waals surface area (Å²) in [6, 6.07) is 0. The Balaban J connectivity index is -0.000000171. The van der Waals surface area contributed by atoms with Crippen LogP contribution < -0.4 is 0 Å². The Morgan fingerprint density at radius 1 is 0.375 bits per heavy atom. The predicted molar refractivity (Wildman–Crippen MR) is 116 cm³/mol. The minimum Gasteiger partial charge on any atom is -0.269 e. The van der Waals surface area contributed by atoms with E-state index in [1.807, 2.05) is 0 Å². The van der Waals surface area contributed by atoms with Crippen molar-refractivity contribution in [2.75, 3.05) is 0 Å². The van der Waals surface area contributed by atoms with Crippen molar-refractivity contribution in [1.29, 1.82) is 0 Å². The lowest BCUT2D eigenvalue weighted by Gasteiger charge is -2.26. The number of rotatable bonds is 11. The molecule has 48 heavy (non-hydrogen) atoms. The highest BCUT2D eigenvalue weighted by atomic mass is 19.4. The molecular weight excluding hydrogens is 758 g/mol. The molecule has 0 spiro atoms. The highest BCUT2D eigenvalue weighted by Crippen LogP contribution is 2.48. The number of hydrogen-bond acceptors (Lipinski definition) is 0. The van der Waals surface area contributed by atoms with Gasteiger partial charge in [0.05, 0.1) is 6.42 Å². The van der Waals surface area contributed by atoms with E-state index in [0.717, 1.165) is 13.8 Å². The fourth-order valence-electron chi connectivity index (χ4n) is 2.09. The highest BCUT2D eigenvalue weighted by Gasteiger charge is 2.72. The molecule has 0 heterocycles. The lowest BCUT2D eigenvalue weighted by Crippen LogP contribution is -2.51. The lowest BCUT2D eigenvalue weighted by molar-refractivity contribution is -0.354. The summed E-state index contributed by atoms with van der Waals surface area (Å²) in [6.07, 6.45) is -31.4. The van der Waals surface area contributed by atoms with E-state index >= 15 is 0 Å². The van der Waals surface area contributed by atoms with Gasteiger partial charge in [-0.25, -0.2) is 17.6 Å². The van der Waals surface area contributed by atoms with Gasteiger partial charge in [0, 0.05) is 25.7 Å². The summed E-state index contributed by atoms with van der Waals surface area (Å²) in [5, 5.41) is 0. The Morgan fingerprint density at radius 2 is 0.667 bits per heavy atom. The quantitative estimate of drug-likeness (QED) is 0.183. The van der Waals surface area contributed by atoms with E-state index in [-0.39, 0.29) is 4.70 Å². The second-order valence-corrected chi connectivity index (χ2v) is 9.04. The molecule has 298 valence electrons. The van der Waals surface area contributed by atoms with Crippen molar-refractivity contribution in [1.82, 2.24) is 0 Å². The molecule has 0 aromatic heterocycles. The van der Waals surface area contributed by atoms with Crippen LogP contribution in [0.25, 0.3) is 0 Å². The maximum Gasteiger partial charge on any atom is 0.459 e. The average Bonchev–Trinajstić information content (AvgIpc) is 2.80. The first-order chi connectivity index (χ1) is 20.1. The van der Waals surface area contributed by atoms with E-state index in [0.29, 0.717) is 13.8 Å². The first kappa shape index (κ1) is 55.6. The molecule has 0 aromatic rings. The summed E-state index contributed by atoms with van der Waals surface area (Å²) in [6.45, 7) is 3.09. The molecule has 0 unspecified atom stereocenters. The van der Waals surface area contributed by atoms with Crippen LogP contribution in [-0.2, 0) is 0 Å². The molecule has 0 atom stereocenters. The average molecular weight is 786 g/mol. The van der Waals surface area contributed by atoms with Crippen molar-refractivity contribution >= 4 is 0 Å². The normalized spacial score (nSPS) is 14.1. The maximum atomic E-state index is 12.2. The van der Waals surface area contributed by atoms with Crippen molar-refractivity contribution in [3.05, 3.63) is 0 Å². The zero-order valence-electron chi connectivity index (χ0n) is 24.4. The number of halogens is 26. The molecule has 0 aliphatic rings. The second kappa shape index (κ2) is 19.0. The fourth-order valence-corrected chi connectivity index (χ4v) is 2.09. The standard InChI is InChI=1S/C6H7F7.C6H8F6.C5H5F7.C5H7F5.FH/c1-2-4(7,8)5(9,10)3-6(11,12)13;1-2-5(9,10)6(11,12)3-4(7)8;1-2-3(6,7)4(8,9)5(10,11)12;1-2-4(6,7)3-5(8,9)10;/h2-3H2,1H3;4H,2-3H2,1H3;2H2,1H3;2-3H2,1H3;1H. The molecule has 0 rings (SSSR count). The van der Waals surface area contributed by atoms with Gasteiger partial charge in [0.25, 0.3) is 5.92 Å². The van der Waals surface area contributed by atoms with Crippen molar-refractivity contribution in [3.63, 3.8) is 0 Å². The number of hydrogen-bond donors (Lipinski definition) is 0. The Bertz CT molecular complexity index is 845. The van der Waals surface area contributed by atoms with Crippen LogP contribution in [0.1, 0.15) is 72.6 Å². The molecule has 0 radical (unpaired) electrons. The van der Waals surface area contributed by atoms with Crippen LogP contribution in [0.5, 0.6) is 0 Å².